The third kappa shape index (κ3) is 2.45. The fourth-order valence-corrected chi connectivity index (χ4v) is 2.01. The average Bonchev–Trinajstić information content (AvgIpc) is 2.78. The molecule has 0 radical (unpaired) electrons. The number of aromatic amines is 1. The van der Waals surface area contributed by atoms with Gasteiger partial charge in [-0.05, 0) is 32.0 Å². The second-order valence-electron chi connectivity index (χ2n) is 4.82. The van der Waals surface area contributed by atoms with Gasteiger partial charge in [0.15, 0.2) is 12.4 Å². The lowest BCUT2D eigenvalue weighted by Gasteiger charge is -2.18. The minimum absolute atomic E-state index is 0.00964. The molecule has 0 bridgehead atoms. The fraction of sp³-hybridized carbons (Fsp3) is 0.214. The number of benzene rings is 1. The summed E-state index contributed by atoms with van der Waals surface area (Å²) in [5, 5.41) is 12.2. The van der Waals surface area contributed by atoms with Crippen molar-refractivity contribution in [3.05, 3.63) is 35.0 Å². The van der Waals surface area contributed by atoms with E-state index in [1.807, 2.05) is 13.8 Å². The number of carbonyl (C=O) groups excluding carboxylic acids is 2. The number of aryl methyl sites for hydroxylation is 1. The molecule has 0 fully saturated rings. The largest absolute Gasteiger partial charge is 0.482 e. The quantitative estimate of drug-likeness (QED) is 0.781. The Morgan fingerprint density at radius 2 is 2.19 bits per heavy atom. The zero-order chi connectivity index (χ0) is 15.0. The summed E-state index contributed by atoms with van der Waals surface area (Å²) in [7, 11) is 0. The van der Waals surface area contributed by atoms with Gasteiger partial charge in [0.1, 0.15) is 5.75 Å². The second-order valence-corrected chi connectivity index (χ2v) is 4.82. The number of rotatable bonds is 2. The summed E-state index contributed by atoms with van der Waals surface area (Å²) in [6, 6.07) is 4.88. The van der Waals surface area contributed by atoms with Gasteiger partial charge in [-0.25, -0.2) is 0 Å². The molecule has 7 nitrogen and oxygen atoms in total. The number of carbonyl (C=O) groups is 2. The fourth-order valence-electron chi connectivity index (χ4n) is 2.01. The van der Waals surface area contributed by atoms with Crippen LogP contribution in [0.2, 0.25) is 0 Å². The molecule has 0 saturated heterocycles. The van der Waals surface area contributed by atoms with Crippen molar-refractivity contribution in [1.82, 2.24) is 10.2 Å². The van der Waals surface area contributed by atoms with Crippen LogP contribution in [0.15, 0.2) is 18.2 Å². The lowest BCUT2D eigenvalue weighted by Crippen LogP contribution is -2.25. The van der Waals surface area contributed by atoms with Crippen LogP contribution in [-0.4, -0.2) is 28.6 Å². The molecule has 1 aromatic carbocycles. The molecule has 7 heteroatoms. The summed E-state index contributed by atoms with van der Waals surface area (Å²) in [5.74, 6) is 0.513. The van der Waals surface area contributed by atoms with Gasteiger partial charge in [-0.3, -0.25) is 14.7 Å². The van der Waals surface area contributed by atoms with Crippen molar-refractivity contribution >= 4 is 23.3 Å². The van der Waals surface area contributed by atoms with Crippen LogP contribution >= 0.6 is 0 Å². The summed E-state index contributed by atoms with van der Waals surface area (Å²) in [5.41, 5.74) is 2.70. The molecule has 1 aliphatic heterocycles. The van der Waals surface area contributed by atoms with Gasteiger partial charge in [-0.2, -0.15) is 5.10 Å². The van der Waals surface area contributed by atoms with Crippen LogP contribution in [0.1, 0.15) is 21.6 Å². The van der Waals surface area contributed by atoms with E-state index < -0.39 is 0 Å². The van der Waals surface area contributed by atoms with Crippen LogP contribution < -0.4 is 15.4 Å². The maximum Gasteiger partial charge on any atom is 0.262 e. The topological polar surface area (TPSA) is 96.1 Å². The highest BCUT2D eigenvalue weighted by Crippen LogP contribution is 2.28. The number of amides is 2. The number of nitrogens with one attached hydrogen (secondary N) is 3. The first kappa shape index (κ1) is 13.2. The Hall–Kier alpha value is -2.83. The molecule has 0 spiro atoms. The third-order valence-electron chi connectivity index (χ3n) is 3.36. The predicted octanol–water partition coefficient (Wildman–Crippen LogP) is 1.61. The first-order valence-electron chi connectivity index (χ1n) is 6.44. The minimum Gasteiger partial charge on any atom is -0.482 e. The highest BCUT2D eigenvalue weighted by molar-refractivity contribution is 6.06. The number of anilines is 2. The third-order valence-corrected chi connectivity index (χ3v) is 3.36. The van der Waals surface area contributed by atoms with E-state index in [9.17, 15) is 9.59 Å². The number of nitrogens with zero attached hydrogens (tertiary/aromatic N) is 1. The maximum absolute atomic E-state index is 12.2. The first-order valence-corrected chi connectivity index (χ1v) is 6.44. The van der Waals surface area contributed by atoms with Crippen molar-refractivity contribution < 1.29 is 14.3 Å². The monoisotopic (exact) mass is 286 g/mol. The zero-order valence-corrected chi connectivity index (χ0v) is 11.6. The van der Waals surface area contributed by atoms with Gasteiger partial charge >= 0.3 is 0 Å². The molecule has 2 amide bonds. The molecular formula is C14H14N4O3. The normalized spacial score (nSPS) is 13.1. The van der Waals surface area contributed by atoms with Crippen LogP contribution in [0.5, 0.6) is 5.75 Å². The highest BCUT2D eigenvalue weighted by Gasteiger charge is 2.18. The number of fused-ring (bicyclic) bond motifs is 1. The molecule has 21 heavy (non-hydrogen) atoms. The van der Waals surface area contributed by atoms with Crippen LogP contribution in [-0.2, 0) is 4.79 Å². The van der Waals surface area contributed by atoms with Gasteiger partial charge in [-0.15, -0.1) is 0 Å². The summed E-state index contributed by atoms with van der Waals surface area (Å²) < 4.78 is 5.25. The van der Waals surface area contributed by atoms with Crippen molar-refractivity contribution in [2.45, 2.75) is 13.8 Å². The Kier molecular flexibility index (Phi) is 3.09. The molecule has 2 aromatic rings. The van der Waals surface area contributed by atoms with Crippen molar-refractivity contribution in [2.75, 3.05) is 17.2 Å². The molecule has 1 aromatic heterocycles. The Balaban J connectivity index is 1.83. The molecular weight excluding hydrogens is 272 g/mol. The van der Waals surface area contributed by atoms with Crippen LogP contribution in [0, 0.1) is 13.8 Å². The van der Waals surface area contributed by atoms with Gasteiger partial charge in [0.2, 0.25) is 0 Å². The molecule has 0 aliphatic carbocycles. The van der Waals surface area contributed by atoms with Crippen molar-refractivity contribution in [3.8, 4) is 5.75 Å². The van der Waals surface area contributed by atoms with Crippen LogP contribution in [0.3, 0.4) is 0 Å². The average molecular weight is 286 g/mol. The Labute approximate surface area is 120 Å². The van der Waals surface area contributed by atoms with E-state index in [4.69, 9.17) is 4.74 Å². The van der Waals surface area contributed by atoms with E-state index >= 15 is 0 Å². The van der Waals surface area contributed by atoms with Crippen molar-refractivity contribution in [3.63, 3.8) is 0 Å². The molecule has 108 valence electrons. The number of hydrogen-bond donors (Lipinski definition) is 3. The standard InChI is InChI=1S/C14H14N4O3/c1-7-8(2)17-18-13(7)16-14(20)9-3-4-11-10(5-9)15-12(19)6-21-11/h3-5H,6H2,1-2H3,(H,15,19)(H2,16,17,18,20). The maximum atomic E-state index is 12.2. The van der Waals surface area contributed by atoms with E-state index in [0.717, 1.165) is 11.3 Å². The summed E-state index contributed by atoms with van der Waals surface area (Å²) in [4.78, 5) is 23.5. The molecule has 0 unspecified atom stereocenters. The van der Waals surface area contributed by atoms with Crippen LogP contribution in [0.4, 0.5) is 11.5 Å². The Morgan fingerprint density at radius 1 is 1.38 bits per heavy atom. The van der Waals surface area contributed by atoms with E-state index in [2.05, 4.69) is 20.8 Å². The number of ether oxygens (including phenoxy) is 1. The number of H-pyrrole nitrogens is 1. The van der Waals surface area contributed by atoms with Crippen molar-refractivity contribution in [2.24, 2.45) is 0 Å². The molecule has 0 atom stereocenters. The number of hydrogen-bond acceptors (Lipinski definition) is 4. The molecule has 2 heterocycles. The van der Waals surface area contributed by atoms with Gasteiger partial charge < -0.3 is 15.4 Å². The van der Waals surface area contributed by atoms with Gasteiger partial charge in [0.05, 0.1) is 5.69 Å². The summed E-state index contributed by atoms with van der Waals surface area (Å²) in [6.45, 7) is 3.74. The smallest absolute Gasteiger partial charge is 0.262 e. The van der Waals surface area contributed by atoms with E-state index in [0.29, 0.717) is 22.8 Å². The Morgan fingerprint density at radius 3 is 2.90 bits per heavy atom. The lowest BCUT2D eigenvalue weighted by molar-refractivity contribution is -0.118. The SMILES string of the molecule is Cc1[nH]nc(NC(=O)c2ccc3c(c2)NC(=O)CO3)c1C. The van der Waals surface area contributed by atoms with E-state index in [-0.39, 0.29) is 18.4 Å². The predicted molar refractivity (Wildman–Crippen MR) is 76.6 cm³/mol. The zero-order valence-electron chi connectivity index (χ0n) is 11.6. The molecule has 0 saturated carbocycles. The molecule has 1 aliphatic rings. The van der Waals surface area contributed by atoms with Gasteiger partial charge in [-0.1, -0.05) is 0 Å². The second kappa shape index (κ2) is 4.93. The molecule has 3 rings (SSSR count). The Bertz CT molecular complexity index is 736. The lowest BCUT2D eigenvalue weighted by atomic mass is 10.1. The van der Waals surface area contributed by atoms with E-state index in [1.165, 1.54) is 0 Å². The summed E-state index contributed by atoms with van der Waals surface area (Å²) >= 11 is 0. The van der Waals surface area contributed by atoms with Gasteiger partial charge in [0, 0.05) is 16.8 Å². The molecule has 3 N–H and O–H groups in total. The first-order chi connectivity index (χ1) is 10.0. The number of aromatic nitrogens is 2. The van der Waals surface area contributed by atoms with Crippen LogP contribution in [0.25, 0.3) is 0 Å². The highest BCUT2D eigenvalue weighted by atomic mass is 16.5. The minimum atomic E-state index is -0.299. The van der Waals surface area contributed by atoms with Gasteiger partial charge in [0.25, 0.3) is 11.8 Å². The summed E-state index contributed by atoms with van der Waals surface area (Å²) in [6.07, 6.45) is 0. The van der Waals surface area contributed by atoms with Crippen molar-refractivity contribution in [1.29, 1.82) is 0 Å². The van der Waals surface area contributed by atoms with E-state index in [1.54, 1.807) is 18.2 Å².